The highest BCUT2D eigenvalue weighted by atomic mass is 16.2. The van der Waals surface area contributed by atoms with E-state index in [-0.39, 0.29) is 23.7 Å². The van der Waals surface area contributed by atoms with Gasteiger partial charge in [0.15, 0.2) is 0 Å². The number of hydrogen-bond donors (Lipinski definition) is 2. The number of carbonyl (C=O) groups is 2. The molecule has 0 radical (unpaired) electrons. The van der Waals surface area contributed by atoms with E-state index >= 15 is 0 Å². The van der Waals surface area contributed by atoms with Crippen molar-refractivity contribution >= 4 is 11.8 Å². The maximum absolute atomic E-state index is 12.4. The summed E-state index contributed by atoms with van der Waals surface area (Å²) in [5.74, 6) is 0.349. The summed E-state index contributed by atoms with van der Waals surface area (Å²) in [4.78, 5) is 29.0. The van der Waals surface area contributed by atoms with E-state index in [1.54, 1.807) is 0 Å². The number of nitrogens with one attached hydrogen (secondary N) is 2. The van der Waals surface area contributed by atoms with Crippen molar-refractivity contribution in [1.82, 2.24) is 20.4 Å². The fraction of sp³-hybridized carbons (Fsp3) is 0.889. The molecule has 0 bridgehead atoms. The monoisotopic (exact) mass is 338 g/mol. The summed E-state index contributed by atoms with van der Waals surface area (Å²) in [5.41, 5.74) is 0. The first-order chi connectivity index (χ1) is 11.6. The summed E-state index contributed by atoms with van der Waals surface area (Å²) < 4.78 is 0. The number of rotatable bonds is 7. The van der Waals surface area contributed by atoms with E-state index in [9.17, 15) is 9.59 Å². The first-order valence-corrected chi connectivity index (χ1v) is 9.61. The number of likely N-dealkylation sites (tertiary alicyclic amines) is 1. The Morgan fingerprint density at radius 2 is 2.00 bits per heavy atom. The van der Waals surface area contributed by atoms with E-state index in [2.05, 4.69) is 15.5 Å². The normalized spacial score (nSPS) is 23.8. The van der Waals surface area contributed by atoms with Crippen LogP contribution in [0.1, 0.15) is 39.5 Å². The molecule has 0 saturated carbocycles. The van der Waals surface area contributed by atoms with Crippen LogP contribution in [-0.2, 0) is 9.59 Å². The Labute approximate surface area is 146 Å². The molecule has 2 unspecified atom stereocenters. The minimum atomic E-state index is -0.0362. The van der Waals surface area contributed by atoms with Gasteiger partial charge in [-0.25, -0.2) is 0 Å². The van der Waals surface area contributed by atoms with Gasteiger partial charge in [0.2, 0.25) is 11.8 Å². The third-order valence-electron chi connectivity index (χ3n) is 5.30. The molecule has 138 valence electrons. The van der Waals surface area contributed by atoms with Crippen LogP contribution in [0, 0.1) is 11.8 Å². The molecule has 0 aromatic rings. The van der Waals surface area contributed by atoms with Crippen molar-refractivity contribution in [2.45, 2.75) is 39.5 Å². The van der Waals surface area contributed by atoms with Crippen molar-refractivity contribution in [3.05, 3.63) is 0 Å². The SMILES string of the molecule is CCC(C)C(=O)N1CCCC(C(=O)NCCCN2CCNCC2)C1. The van der Waals surface area contributed by atoms with Crippen molar-refractivity contribution in [2.24, 2.45) is 11.8 Å². The highest BCUT2D eigenvalue weighted by Crippen LogP contribution is 2.19. The molecule has 2 atom stereocenters. The lowest BCUT2D eigenvalue weighted by Crippen LogP contribution is -2.47. The van der Waals surface area contributed by atoms with Crippen molar-refractivity contribution in [2.75, 3.05) is 52.4 Å². The lowest BCUT2D eigenvalue weighted by Gasteiger charge is -2.33. The van der Waals surface area contributed by atoms with Crippen LogP contribution in [0.5, 0.6) is 0 Å². The zero-order valence-corrected chi connectivity index (χ0v) is 15.4. The molecular weight excluding hydrogens is 304 g/mol. The average molecular weight is 338 g/mol. The number of piperidine rings is 1. The second kappa shape index (κ2) is 9.99. The highest BCUT2D eigenvalue weighted by molar-refractivity contribution is 5.82. The highest BCUT2D eigenvalue weighted by Gasteiger charge is 2.29. The molecule has 2 saturated heterocycles. The first-order valence-electron chi connectivity index (χ1n) is 9.61. The lowest BCUT2D eigenvalue weighted by molar-refractivity contribution is -0.138. The summed E-state index contributed by atoms with van der Waals surface area (Å²) in [5, 5.41) is 6.42. The summed E-state index contributed by atoms with van der Waals surface area (Å²) in [7, 11) is 0. The van der Waals surface area contributed by atoms with Crippen LogP contribution >= 0.6 is 0 Å². The fourth-order valence-electron chi connectivity index (χ4n) is 3.47. The molecule has 2 fully saturated rings. The molecule has 0 aromatic heterocycles. The van der Waals surface area contributed by atoms with Crippen molar-refractivity contribution < 1.29 is 9.59 Å². The molecule has 0 aromatic carbocycles. The van der Waals surface area contributed by atoms with E-state index in [4.69, 9.17) is 0 Å². The zero-order valence-electron chi connectivity index (χ0n) is 15.4. The summed E-state index contributed by atoms with van der Waals surface area (Å²) in [6, 6.07) is 0. The standard InChI is InChI=1S/C18H34N4O2/c1-3-15(2)18(24)22-11-4-6-16(14-22)17(23)20-7-5-10-21-12-8-19-9-13-21/h15-16,19H,3-14H2,1-2H3,(H,20,23). The lowest BCUT2D eigenvalue weighted by atomic mass is 9.95. The molecule has 0 aliphatic carbocycles. The Balaban J connectivity index is 1.66. The Hall–Kier alpha value is -1.14. The Kier molecular flexibility index (Phi) is 7.99. The maximum Gasteiger partial charge on any atom is 0.225 e. The molecule has 2 heterocycles. The van der Waals surface area contributed by atoms with E-state index in [1.165, 1.54) is 0 Å². The number of nitrogens with zero attached hydrogens (tertiary/aromatic N) is 2. The Morgan fingerprint density at radius 3 is 2.71 bits per heavy atom. The largest absolute Gasteiger partial charge is 0.356 e. The molecular formula is C18H34N4O2. The van der Waals surface area contributed by atoms with Gasteiger partial charge in [0.25, 0.3) is 0 Å². The summed E-state index contributed by atoms with van der Waals surface area (Å²) >= 11 is 0. The van der Waals surface area contributed by atoms with E-state index in [0.29, 0.717) is 6.54 Å². The van der Waals surface area contributed by atoms with Gasteiger partial charge >= 0.3 is 0 Å². The molecule has 2 N–H and O–H groups in total. The van der Waals surface area contributed by atoms with Gasteiger partial charge in [-0.1, -0.05) is 13.8 Å². The molecule has 2 aliphatic rings. The van der Waals surface area contributed by atoms with Gasteiger partial charge in [-0.2, -0.15) is 0 Å². The summed E-state index contributed by atoms with van der Waals surface area (Å²) in [6.07, 6.45) is 3.68. The second-order valence-corrected chi connectivity index (χ2v) is 7.17. The predicted molar refractivity (Wildman–Crippen MR) is 95.7 cm³/mol. The van der Waals surface area contributed by atoms with E-state index < -0.39 is 0 Å². The number of piperazine rings is 1. The maximum atomic E-state index is 12.4. The van der Waals surface area contributed by atoms with Gasteiger partial charge in [0.05, 0.1) is 5.92 Å². The minimum absolute atomic E-state index is 0.0362. The van der Waals surface area contributed by atoms with Crippen LogP contribution in [0.3, 0.4) is 0 Å². The first kappa shape index (κ1) is 19.2. The van der Waals surface area contributed by atoms with Crippen molar-refractivity contribution in [3.8, 4) is 0 Å². The van der Waals surface area contributed by atoms with Crippen LogP contribution in [-0.4, -0.2) is 74.0 Å². The second-order valence-electron chi connectivity index (χ2n) is 7.17. The van der Waals surface area contributed by atoms with Crippen LogP contribution in [0.2, 0.25) is 0 Å². The third kappa shape index (κ3) is 5.74. The molecule has 6 nitrogen and oxygen atoms in total. The Morgan fingerprint density at radius 1 is 1.25 bits per heavy atom. The van der Waals surface area contributed by atoms with Gasteiger partial charge in [-0.3, -0.25) is 9.59 Å². The summed E-state index contributed by atoms with van der Waals surface area (Å²) in [6.45, 7) is 11.5. The van der Waals surface area contributed by atoms with Crippen LogP contribution in [0.25, 0.3) is 0 Å². The van der Waals surface area contributed by atoms with Gasteiger partial charge < -0.3 is 20.4 Å². The smallest absolute Gasteiger partial charge is 0.225 e. The number of hydrogen-bond acceptors (Lipinski definition) is 4. The van der Waals surface area contributed by atoms with Crippen LogP contribution < -0.4 is 10.6 Å². The molecule has 24 heavy (non-hydrogen) atoms. The van der Waals surface area contributed by atoms with E-state index in [1.807, 2.05) is 18.7 Å². The molecule has 0 spiro atoms. The topological polar surface area (TPSA) is 64.7 Å². The predicted octanol–water partition coefficient (Wildman–Crippen LogP) is 0.683. The Bertz CT molecular complexity index is 410. The van der Waals surface area contributed by atoms with Gasteiger partial charge in [0.1, 0.15) is 0 Å². The number of carbonyl (C=O) groups excluding carboxylic acids is 2. The van der Waals surface area contributed by atoms with E-state index in [0.717, 1.165) is 71.5 Å². The molecule has 2 amide bonds. The molecule has 6 heteroatoms. The minimum Gasteiger partial charge on any atom is -0.356 e. The average Bonchev–Trinajstić information content (AvgIpc) is 2.64. The molecule has 2 aliphatic heterocycles. The van der Waals surface area contributed by atoms with Gasteiger partial charge in [-0.05, 0) is 32.2 Å². The third-order valence-corrected chi connectivity index (χ3v) is 5.30. The van der Waals surface area contributed by atoms with Crippen molar-refractivity contribution in [1.29, 1.82) is 0 Å². The van der Waals surface area contributed by atoms with Crippen molar-refractivity contribution in [3.63, 3.8) is 0 Å². The number of amides is 2. The molecule has 2 rings (SSSR count). The van der Waals surface area contributed by atoms with Crippen LogP contribution in [0.4, 0.5) is 0 Å². The van der Waals surface area contributed by atoms with Gasteiger partial charge in [0, 0.05) is 51.7 Å². The quantitative estimate of drug-likeness (QED) is 0.670. The zero-order chi connectivity index (χ0) is 17.4. The fourth-order valence-corrected chi connectivity index (χ4v) is 3.47. The van der Waals surface area contributed by atoms with Crippen LogP contribution in [0.15, 0.2) is 0 Å². The van der Waals surface area contributed by atoms with Gasteiger partial charge in [-0.15, -0.1) is 0 Å².